The Morgan fingerprint density at radius 3 is 2.49 bits per heavy atom. The number of hydrogen-bond donors (Lipinski definition) is 2. The summed E-state index contributed by atoms with van der Waals surface area (Å²) in [6.45, 7) is 4.48. The maximum absolute atomic E-state index is 14.3. The first-order chi connectivity index (χ1) is 21.6. The Morgan fingerprint density at radius 1 is 1.04 bits per heavy atom. The first kappa shape index (κ1) is 30.8. The molecule has 3 saturated heterocycles. The van der Waals surface area contributed by atoms with E-state index in [-0.39, 0.29) is 17.4 Å². The van der Waals surface area contributed by atoms with E-state index in [2.05, 4.69) is 37.0 Å². The van der Waals surface area contributed by atoms with Crippen molar-refractivity contribution in [2.45, 2.75) is 37.0 Å². The number of hydrogen-bond acceptors (Lipinski definition) is 11. The van der Waals surface area contributed by atoms with Gasteiger partial charge in [0.25, 0.3) is 0 Å². The number of methoxy groups -OCH3 is 1. The van der Waals surface area contributed by atoms with Gasteiger partial charge in [0.1, 0.15) is 35.5 Å². The molecule has 5 heterocycles. The summed E-state index contributed by atoms with van der Waals surface area (Å²) in [6, 6.07) is 12.0. The maximum Gasteiger partial charge on any atom is 0.302 e. The molecule has 1 aromatic carbocycles. The monoisotopic (exact) mass is 628 g/mol. The van der Waals surface area contributed by atoms with Crippen LogP contribution in [-0.4, -0.2) is 103 Å². The number of alkyl halides is 4. The summed E-state index contributed by atoms with van der Waals surface area (Å²) in [7, 11) is 1.57. The van der Waals surface area contributed by atoms with Gasteiger partial charge in [-0.25, -0.2) is 27.5 Å². The first-order valence-corrected chi connectivity index (χ1v) is 14.5. The van der Waals surface area contributed by atoms with E-state index in [1.54, 1.807) is 13.2 Å². The van der Waals surface area contributed by atoms with E-state index in [9.17, 15) is 22.8 Å². The normalized spacial score (nSPS) is 21.9. The average molecular weight is 629 g/mol. The van der Waals surface area contributed by atoms with Crippen molar-refractivity contribution in [1.29, 1.82) is 5.26 Å². The Labute approximate surface area is 257 Å². The van der Waals surface area contributed by atoms with Gasteiger partial charge in [0, 0.05) is 37.3 Å². The van der Waals surface area contributed by atoms with Gasteiger partial charge in [-0.05, 0) is 37.3 Å². The van der Waals surface area contributed by atoms with Gasteiger partial charge in [-0.15, -0.1) is 0 Å². The van der Waals surface area contributed by atoms with Crippen molar-refractivity contribution in [2.75, 3.05) is 63.3 Å². The molecule has 238 valence electrons. The lowest BCUT2D eigenvalue weighted by Crippen LogP contribution is -2.64. The Morgan fingerprint density at radius 2 is 1.82 bits per heavy atom. The fourth-order valence-electron chi connectivity index (χ4n) is 5.76. The van der Waals surface area contributed by atoms with E-state index in [0.29, 0.717) is 34.8 Å². The highest BCUT2D eigenvalue weighted by molar-refractivity contribution is 5.68. The van der Waals surface area contributed by atoms with Gasteiger partial charge in [0.2, 0.25) is 12.0 Å². The third-order valence-corrected chi connectivity index (χ3v) is 8.19. The molecule has 2 aromatic heterocycles. The van der Waals surface area contributed by atoms with Crippen molar-refractivity contribution in [1.82, 2.24) is 25.2 Å². The van der Waals surface area contributed by atoms with Gasteiger partial charge in [0.05, 0.1) is 50.7 Å². The smallest absolute Gasteiger partial charge is 0.302 e. The minimum atomic E-state index is -3.84. The molecule has 0 aliphatic carbocycles. The zero-order valence-electron chi connectivity index (χ0n) is 24.6. The molecule has 0 bridgehead atoms. The second kappa shape index (κ2) is 12.3. The second-order valence-electron chi connectivity index (χ2n) is 11.3. The minimum Gasteiger partial charge on any atom is -0.479 e. The van der Waals surface area contributed by atoms with Gasteiger partial charge < -0.3 is 29.7 Å². The number of pyridine rings is 1. The zero-order valence-corrected chi connectivity index (χ0v) is 24.6. The summed E-state index contributed by atoms with van der Waals surface area (Å²) >= 11 is 0. The van der Waals surface area contributed by atoms with Crippen LogP contribution in [0.5, 0.6) is 11.6 Å². The van der Waals surface area contributed by atoms with E-state index < -0.39 is 31.0 Å². The lowest BCUT2D eigenvalue weighted by Gasteiger charge is -2.46. The number of ether oxygens (including phenoxy) is 3. The van der Waals surface area contributed by atoms with Crippen molar-refractivity contribution < 1.29 is 31.8 Å². The van der Waals surface area contributed by atoms with Gasteiger partial charge >= 0.3 is 11.8 Å². The molecule has 11 nitrogen and oxygen atoms in total. The van der Waals surface area contributed by atoms with Gasteiger partial charge in [-0.2, -0.15) is 10.2 Å². The van der Waals surface area contributed by atoms with Crippen LogP contribution in [0.3, 0.4) is 0 Å². The van der Waals surface area contributed by atoms with Crippen LogP contribution in [0.2, 0.25) is 0 Å². The molecule has 0 unspecified atom stereocenters. The summed E-state index contributed by atoms with van der Waals surface area (Å²) in [4.78, 5) is 17.9. The molecule has 6 rings (SSSR count). The van der Waals surface area contributed by atoms with Crippen LogP contribution in [0, 0.1) is 11.3 Å². The Hall–Kier alpha value is -4.26. The Kier molecular flexibility index (Phi) is 8.38. The third-order valence-electron chi connectivity index (χ3n) is 8.19. The predicted octanol–water partition coefficient (Wildman–Crippen LogP) is 3.69. The predicted molar refractivity (Wildman–Crippen MR) is 156 cm³/mol. The van der Waals surface area contributed by atoms with E-state index in [0.717, 1.165) is 38.5 Å². The molecule has 0 saturated carbocycles. The quantitative estimate of drug-likeness (QED) is 0.356. The standard InChI is InChI=1S/C30H32F4N8O3/c1-18-12-41(21-13-44-14-21)7-8-42(18)23-4-6-25(40-27(23)43-2)39-26-10-22(37-17-38-26)19-3-5-24(20(9-19)11-35)45-28-29(31,32)15-36-16-30(28,33)34/h3-6,9-10,17-18,21,28,36H,7-8,12-16H2,1-2H3,(H,37,38,39,40)/t18-/m0/s1. The largest absolute Gasteiger partial charge is 0.479 e. The number of nitrogens with zero attached hydrogens (tertiary/aromatic N) is 6. The summed E-state index contributed by atoms with van der Waals surface area (Å²) in [5.74, 6) is -6.73. The summed E-state index contributed by atoms with van der Waals surface area (Å²) < 4.78 is 73.2. The second-order valence-corrected chi connectivity index (χ2v) is 11.3. The van der Waals surface area contributed by atoms with Crippen LogP contribution in [-0.2, 0) is 4.74 Å². The highest BCUT2D eigenvalue weighted by atomic mass is 19.3. The Balaban J connectivity index is 1.17. The highest BCUT2D eigenvalue weighted by Crippen LogP contribution is 2.38. The van der Waals surface area contributed by atoms with Crippen LogP contribution in [0.25, 0.3) is 11.3 Å². The van der Waals surface area contributed by atoms with Crippen molar-refractivity contribution in [3.8, 4) is 29.0 Å². The Bertz CT molecular complexity index is 1570. The number of nitrogens with one attached hydrogen (secondary N) is 2. The summed E-state index contributed by atoms with van der Waals surface area (Å²) in [6.07, 6.45) is -1.41. The summed E-state index contributed by atoms with van der Waals surface area (Å²) in [5.41, 5.74) is 1.51. The van der Waals surface area contributed by atoms with Gasteiger partial charge in [-0.3, -0.25) is 4.90 Å². The van der Waals surface area contributed by atoms with Crippen LogP contribution < -0.4 is 25.0 Å². The molecule has 3 fully saturated rings. The van der Waals surface area contributed by atoms with Gasteiger partial charge in [0.15, 0.2) is 0 Å². The maximum atomic E-state index is 14.3. The van der Waals surface area contributed by atoms with E-state index in [1.807, 2.05) is 23.5 Å². The highest BCUT2D eigenvalue weighted by Gasteiger charge is 2.59. The van der Waals surface area contributed by atoms with Crippen molar-refractivity contribution >= 4 is 17.3 Å². The van der Waals surface area contributed by atoms with E-state index >= 15 is 0 Å². The van der Waals surface area contributed by atoms with Crippen LogP contribution in [0.4, 0.5) is 34.9 Å². The number of halogens is 4. The van der Waals surface area contributed by atoms with Crippen LogP contribution >= 0.6 is 0 Å². The molecule has 3 aromatic rings. The van der Waals surface area contributed by atoms with Crippen LogP contribution in [0.1, 0.15) is 12.5 Å². The molecule has 0 amide bonds. The summed E-state index contributed by atoms with van der Waals surface area (Å²) in [5, 5.41) is 14.8. The number of anilines is 3. The SMILES string of the molecule is COc1nc(Nc2cc(-c3ccc(OC4C(F)(F)CNCC4(F)F)c(C#N)c3)ncn2)ccc1N1CCN(C2COC2)C[C@@H]1C. The van der Waals surface area contributed by atoms with Crippen molar-refractivity contribution in [3.63, 3.8) is 0 Å². The number of piperidine rings is 1. The molecule has 15 heteroatoms. The van der Waals surface area contributed by atoms with Crippen molar-refractivity contribution in [2.24, 2.45) is 0 Å². The fraction of sp³-hybridized carbons (Fsp3) is 0.467. The number of piperazine rings is 1. The minimum absolute atomic E-state index is 0.191. The first-order valence-electron chi connectivity index (χ1n) is 14.5. The molecular weight excluding hydrogens is 596 g/mol. The zero-order chi connectivity index (χ0) is 31.8. The van der Waals surface area contributed by atoms with Crippen LogP contribution in [0.15, 0.2) is 42.7 Å². The van der Waals surface area contributed by atoms with Gasteiger partial charge in [-0.1, -0.05) is 0 Å². The number of aromatic nitrogens is 3. The van der Waals surface area contributed by atoms with E-state index in [4.69, 9.17) is 14.2 Å². The number of rotatable bonds is 8. The number of nitriles is 1. The van der Waals surface area contributed by atoms with E-state index in [1.165, 1.54) is 24.5 Å². The molecule has 3 aliphatic rings. The fourth-order valence-corrected chi connectivity index (χ4v) is 5.76. The molecule has 45 heavy (non-hydrogen) atoms. The molecule has 0 radical (unpaired) electrons. The molecular formula is C30H32F4N8O3. The topological polar surface area (TPSA) is 121 Å². The third kappa shape index (κ3) is 6.31. The average Bonchev–Trinajstić information content (AvgIpc) is 2.98. The molecule has 3 aliphatic heterocycles. The molecule has 2 N–H and O–H groups in total. The lowest BCUT2D eigenvalue weighted by molar-refractivity contribution is -0.216. The lowest BCUT2D eigenvalue weighted by atomic mass is 10.0. The van der Waals surface area contributed by atoms with Crippen molar-refractivity contribution in [3.05, 3.63) is 48.3 Å². The molecule has 0 spiro atoms. The number of benzene rings is 1. The molecule has 1 atom stereocenters.